The van der Waals surface area contributed by atoms with Crippen molar-refractivity contribution < 1.29 is 4.79 Å². The van der Waals surface area contributed by atoms with E-state index in [1.807, 2.05) is 13.8 Å². The predicted octanol–water partition coefficient (Wildman–Crippen LogP) is 3.50. The van der Waals surface area contributed by atoms with Crippen LogP contribution in [-0.4, -0.2) is 18.9 Å². The SMILES string of the molecule is CC(=O)c1c(C)cc(N2CCCCC2)cc1C. The predicted molar refractivity (Wildman–Crippen MR) is 72.0 cm³/mol. The summed E-state index contributed by atoms with van der Waals surface area (Å²) in [4.78, 5) is 14.0. The van der Waals surface area contributed by atoms with Crippen LogP contribution in [0, 0.1) is 13.8 Å². The molecular weight excluding hydrogens is 210 g/mol. The third-order valence-electron chi connectivity index (χ3n) is 3.59. The van der Waals surface area contributed by atoms with Gasteiger partial charge in [0.25, 0.3) is 0 Å². The molecule has 2 rings (SSSR count). The molecule has 92 valence electrons. The lowest BCUT2D eigenvalue weighted by Crippen LogP contribution is -2.29. The number of hydrogen-bond acceptors (Lipinski definition) is 2. The highest BCUT2D eigenvalue weighted by atomic mass is 16.1. The first-order valence-corrected chi connectivity index (χ1v) is 6.46. The number of ketones is 1. The van der Waals surface area contributed by atoms with E-state index in [0.717, 1.165) is 29.8 Å². The lowest BCUT2D eigenvalue weighted by atomic mass is 9.98. The summed E-state index contributed by atoms with van der Waals surface area (Å²) in [6, 6.07) is 4.32. The second-order valence-electron chi connectivity index (χ2n) is 5.06. The summed E-state index contributed by atoms with van der Waals surface area (Å²) < 4.78 is 0. The van der Waals surface area contributed by atoms with E-state index < -0.39 is 0 Å². The van der Waals surface area contributed by atoms with E-state index in [1.165, 1.54) is 24.9 Å². The normalized spacial score (nSPS) is 16.1. The van der Waals surface area contributed by atoms with E-state index in [2.05, 4.69) is 17.0 Å². The Labute approximate surface area is 104 Å². The van der Waals surface area contributed by atoms with Gasteiger partial charge >= 0.3 is 0 Å². The second-order valence-corrected chi connectivity index (χ2v) is 5.06. The van der Waals surface area contributed by atoms with Crippen LogP contribution in [0.25, 0.3) is 0 Å². The van der Waals surface area contributed by atoms with Crippen molar-refractivity contribution in [2.24, 2.45) is 0 Å². The van der Waals surface area contributed by atoms with E-state index in [9.17, 15) is 4.79 Å². The molecule has 0 spiro atoms. The van der Waals surface area contributed by atoms with Crippen molar-refractivity contribution >= 4 is 11.5 Å². The Morgan fingerprint density at radius 2 is 1.59 bits per heavy atom. The van der Waals surface area contributed by atoms with Gasteiger partial charge in [-0.3, -0.25) is 4.79 Å². The largest absolute Gasteiger partial charge is 0.372 e. The zero-order valence-corrected chi connectivity index (χ0v) is 11.0. The van der Waals surface area contributed by atoms with Gasteiger partial charge in [-0.2, -0.15) is 0 Å². The summed E-state index contributed by atoms with van der Waals surface area (Å²) in [7, 11) is 0. The number of rotatable bonds is 2. The quantitative estimate of drug-likeness (QED) is 0.726. The van der Waals surface area contributed by atoms with Crippen molar-refractivity contribution in [1.82, 2.24) is 0 Å². The number of carbonyl (C=O) groups is 1. The maximum atomic E-state index is 11.6. The van der Waals surface area contributed by atoms with Crippen LogP contribution < -0.4 is 4.90 Å². The van der Waals surface area contributed by atoms with Crippen molar-refractivity contribution in [1.29, 1.82) is 0 Å². The molecule has 0 aliphatic carbocycles. The molecule has 1 aromatic carbocycles. The Bertz CT molecular complexity index is 408. The third kappa shape index (κ3) is 2.51. The topological polar surface area (TPSA) is 20.3 Å². The Balaban J connectivity index is 2.34. The third-order valence-corrected chi connectivity index (χ3v) is 3.59. The maximum absolute atomic E-state index is 11.6. The minimum absolute atomic E-state index is 0.171. The number of Topliss-reactive ketones (excluding diaryl/α,β-unsaturated/α-hetero) is 1. The van der Waals surface area contributed by atoms with Gasteiger partial charge in [0.05, 0.1) is 0 Å². The Hall–Kier alpha value is -1.31. The molecule has 1 aliphatic heterocycles. The molecule has 2 heteroatoms. The fourth-order valence-corrected chi connectivity index (χ4v) is 2.83. The molecule has 0 N–H and O–H groups in total. The van der Waals surface area contributed by atoms with Crippen LogP contribution in [0.15, 0.2) is 12.1 Å². The monoisotopic (exact) mass is 231 g/mol. The molecule has 17 heavy (non-hydrogen) atoms. The molecule has 0 amide bonds. The highest BCUT2D eigenvalue weighted by Crippen LogP contribution is 2.25. The minimum atomic E-state index is 0.171. The van der Waals surface area contributed by atoms with E-state index >= 15 is 0 Å². The Morgan fingerprint density at radius 3 is 2.06 bits per heavy atom. The Morgan fingerprint density at radius 1 is 1.06 bits per heavy atom. The van der Waals surface area contributed by atoms with Crippen molar-refractivity contribution in [3.8, 4) is 0 Å². The molecular formula is C15H21NO. The Kier molecular flexibility index (Phi) is 3.51. The summed E-state index contributed by atoms with van der Waals surface area (Å²) >= 11 is 0. The van der Waals surface area contributed by atoms with Gasteiger partial charge in [0.2, 0.25) is 0 Å². The van der Waals surface area contributed by atoms with Crippen molar-refractivity contribution in [2.75, 3.05) is 18.0 Å². The van der Waals surface area contributed by atoms with Crippen molar-refractivity contribution in [2.45, 2.75) is 40.0 Å². The van der Waals surface area contributed by atoms with Crippen LogP contribution in [0.3, 0.4) is 0 Å². The first-order valence-electron chi connectivity index (χ1n) is 6.46. The molecule has 1 fully saturated rings. The first kappa shape index (κ1) is 12.2. The van der Waals surface area contributed by atoms with Crippen LogP contribution in [0.5, 0.6) is 0 Å². The van der Waals surface area contributed by atoms with Crippen LogP contribution in [0.1, 0.15) is 47.7 Å². The van der Waals surface area contributed by atoms with E-state index in [0.29, 0.717) is 0 Å². The number of piperidine rings is 1. The van der Waals surface area contributed by atoms with Gasteiger partial charge in [0.15, 0.2) is 5.78 Å². The highest BCUT2D eigenvalue weighted by molar-refractivity contribution is 5.97. The number of hydrogen-bond donors (Lipinski definition) is 0. The van der Waals surface area contributed by atoms with E-state index in [4.69, 9.17) is 0 Å². The zero-order valence-electron chi connectivity index (χ0n) is 11.0. The van der Waals surface area contributed by atoms with Gasteiger partial charge in [0, 0.05) is 24.3 Å². The second kappa shape index (κ2) is 4.91. The molecule has 1 saturated heterocycles. The van der Waals surface area contributed by atoms with Crippen molar-refractivity contribution in [3.63, 3.8) is 0 Å². The molecule has 0 unspecified atom stereocenters. The lowest BCUT2D eigenvalue weighted by molar-refractivity contribution is 0.101. The summed E-state index contributed by atoms with van der Waals surface area (Å²) in [5.74, 6) is 0.171. The number of nitrogens with zero attached hydrogens (tertiary/aromatic N) is 1. The minimum Gasteiger partial charge on any atom is -0.372 e. The van der Waals surface area contributed by atoms with Gasteiger partial charge in [-0.05, 0) is 63.3 Å². The van der Waals surface area contributed by atoms with Crippen molar-refractivity contribution in [3.05, 3.63) is 28.8 Å². The molecule has 0 radical (unpaired) electrons. The average molecular weight is 231 g/mol. The summed E-state index contributed by atoms with van der Waals surface area (Å²) in [5.41, 5.74) is 4.40. The fraction of sp³-hybridized carbons (Fsp3) is 0.533. The van der Waals surface area contributed by atoms with Gasteiger partial charge < -0.3 is 4.90 Å². The van der Waals surface area contributed by atoms with Gasteiger partial charge in [-0.1, -0.05) is 0 Å². The van der Waals surface area contributed by atoms with Gasteiger partial charge in [-0.15, -0.1) is 0 Å². The molecule has 0 saturated carbocycles. The van der Waals surface area contributed by atoms with Crippen LogP contribution >= 0.6 is 0 Å². The zero-order chi connectivity index (χ0) is 12.4. The smallest absolute Gasteiger partial charge is 0.160 e. The van der Waals surface area contributed by atoms with Gasteiger partial charge in [-0.25, -0.2) is 0 Å². The number of aryl methyl sites for hydroxylation is 2. The maximum Gasteiger partial charge on any atom is 0.160 e. The summed E-state index contributed by atoms with van der Waals surface area (Å²) in [6.45, 7) is 8.03. The van der Waals surface area contributed by atoms with Crippen LogP contribution in [0.4, 0.5) is 5.69 Å². The number of benzene rings is 1. The highest BCUT2D eigenvalue weighted by Gasteiger charge is 2.14. The molecule has 1 aliphatic rings. The van der Waals surface area contributed by atoms with Gasteiger partial charge in [0.1, 0.15) is 0 Å². The van der Waals surface area contributed by atoms with E-state index in [-0.39, 0.29) is 5.78 Å². The molecule has 1 aromatic rings. The standard InChI is InChI=1S/C15H21NO/c1-11-9-14(16-7-5-4-6-8-16)10-12(2)15(11)13(3)17/h9-10H,4-8H2,1-3H3. The molecule has 0 aromatic heterocycles. The number of carbonyl (C=O) groups excluding carboxylic acids is 1. The fourth-order valence-electron chi connectivity index (χ4n) is 2.83. The summed E-state index contributed by atoms with van der Waals surface area (Å²) in [5, 5.41) is 0. The first-order chi connectivity index (χ1) is 8.09. The number of anilines is 1. The van der Waals surface area contributed by atoms with Crippen LogP contribution in [0.2, 0.25) is 0 Å². The average Bonchev–Trinajstić information content (AvgIpc) is 2.28. The molecule has 0 atom stereocenters. The van der Waals surface area contributed by atoms with E-state index in [1.54, 1.807) is 6.92 Å². The summed E-state index contributed by atoms with van der Waals surface area (Å²) in [6.07, 6.45) is 3.92. The molecule has 1 heterocycles. The van der Waals surface area contributed by atoms with Crippen LogP contribution in [-0.2, 0) is 0 Å². The lowest BCUT2D eigenvalue weighted by Gasteiger charge is -2.29. The molecule has 2 nitrogen and oxygen atoms in total. The molecule has 0 bridgehead atoms.